The molecule has 88 valence electrons. The molecule has 0 nitrogen and oxygen atoms in total. The molecule has 2 saturated carbocycles. The lowest BCUT2D eigenvalue weighted by atomic mass is 9.84. The average Bonchev–Trinajstić information content (AvgIpc) is 2.51. The topological polar surface area (TPSA) is 0 Å². The van der Waals surface area contributed by atoms with Crippen molar-refractivity contribution in [3.63, 3.8) is 0 Å². The first-order valence-electron chi connectivity index (χ1n) is 6.17. The number of hydrogen-bond donors (Lipinski definition) is 0. The third-order valence-electron chi connectivity index (χ3n) is 4.25. The molecular weight excluding hydrogens is 243 g/mol. The van der Waals surface area contributed by atoms with Crippen molar-refractivity contribution in [3.8, 4) is 0 Å². The summed E-state index contributed by atoms with van der Waals surface area (Å²) in [7, 11) is -1.03. The van der Waals surface area contributed by atoms with E-state index < -0.39 is 8.07 Å². The summed E-state index contributed by atoms with van der Waals surface area (Å²) in [6.45, 7) is 7.27. The van der Waals surface area contributed by atoms with Gasteiger partial charge in [-0.25, -0.2) is 0 Å². The molecule has 0 aromatic carbocycles. The Kier molecular flexibility index (Phi) is 2.98. The van der Waals surface area contributed by atoms with Crippen molar-refractivity contribution in [2.45, 2.75) is 62.1 Å². The van der Waals surface area contributed by atoms with Gasteiger partial charge in [0.05, 0.1) is 0 Å². The van der Waals surface area contributed by atoms with Crippen LogP contribution >= 0.6 is 23.2 Å². The quantitative estimate of drug-likeness (QED) is 0.482. The molecule has 3 heteroatoms. The zero-order chi connectivity index (χ0) is 11.3. The monoisotopic (exact) mass is 264 g/mol. The van der Waals surface area contributed by atoms with Crippen molar-refractivity contribution in [1.82, 2.24) is 0 Å². The molecule has 1 unspecified atom stereocenters. The van der Waals surface area contributed by atoms with Gasteiger partial charge >= 0.3 is 0 Å². The summed E-state index contributed by atoms with van der Waals surface area (Å²) in [6.07, 6.45) is 6.60. The maximum absolute atomic E-state index is 6.54. The summed E-state index contributed by atoms with van der Waals surface area (Å²) >= 11 is 13.1. The molecule has 0 bridgehead atoms. The highest BCUT2D eigenvalue weighted by molar-refractivity contribution is 6.76. The lowest BCUT2D eigenvalue weighted by Gasteiger charge is -2.24. The summed E-state index contributed by atoms with van der Waals surface area (Å²) in [6, 6.07) is 1.31. The van der Waals surface area contributed by atoms with E-state index >= 15 is 0 Å². The van der Waals surface area contributed by atoms with Crippen LogP contribution in [0.2, 0.25) is 25.7 Å². The second-order valence-corrected chi connectivity index (χ2v) is 13.6. The Morgan fingerprint density at radius 1 is 1.07 bits per heavy atom. The van der Waals surface area contributed by atoms with Crippen LogP contribution in [0.1, 0.15) is 32.1 Å². The van der Waals surface area contributed by atoms with Gasteiger partial charge in [-0.15, -0.1) is 23.2 Å². The molecule has 0 heterocycles. The van der Waals surface area contributed by atoms with Gasteiger partial charge in [0.1, 0.15) is 4.33 Å². The number of hydrogen-bond acceptors (Lipinski definition) is 0. The van der Waals surface area contributed by atoms with Gasteiger partial charge in [-0.3, -0.25) is 0 Å². The third kappa shape index (κ3) is 2.00. The molecular formula is C12H22Cl2Si. The highest BCUT2D eigenvalue weighted by Crippen LogP contribution is 2.76. The van der Waals surface area contributed by atoms with Gasteiger partial charge in [0.15, 0.2) is 0 Å². The van der Waals surface area contributed by atoms with Crippen LogP contribution in [-0.4, -0.2) is 12.4 Å². The van der Waals surface area contributed by atoms with Crippen LogP contribution in [-0.2, 0) is 0 Å². The van der Waals surface area contributed by atoms with Crippen LogP contribution in [0.4, 0.5) is 0 Å². The summed E-state index contributed by atoms with van der Waals surface area (Å²) < 4.78 is -0.381. The van der Waals surface area contributed by atoms with Crippen molar-refractivity contribution >= 4 is 31.3 Å². The van der Waals surface area contributed by atoms with Crippen LogP contribution < -0.4 is 0 Å². The number of alkyl halides is 2. The molecule has 0 amide bonds. The van der Waals surface area contributed by atoms with Gasteiger partial charge in [-0.2, -0.15) is 0 Å². The van der Waals surface area contributed by atoms with E-state index in [0.717, 1.165) is 0 Å². The van der Waals surface area contributed by atoms with E-state index in [1.165, 1.54) is 38.1 Å². The van der Waals surface area contributed by atoms with Gasteiger partial charge in [0.2, 0.25) is 0 Å². The smallest absolute Gasteiger partial charge is 0.101 e. The molecule has 2 aliphatic rings. The highest BCUT2D eigenvalue weighted by Gasteiger charge is 2.74. The van der Waals surface area contributed by atoms with Crippen LogP contribution in [0.25, 0.3) is 0 Å². The van der Waals surface area contributed by atoms with E-state index in [1.807, 2.05) is 0 Å². The molecule has 0 aromatic heterocycles. The first-order valence-corrected chi connectivity index (χ1v) is 10.6. The lowest BCUT2D eigenvalue weighted by molar-refractivity contribution is 0.310. The summed E-state index contributed by atoms with van der Waals surface area (Å²) in [5, 5.41) is 0. The van der Waals surface area contributed by atoms with Gasteiger partial charge < -0.3 is 0 Å². The van der Waals surface area contributed by atoms with Crippen LogP contribution in [0.3, 0.4) is 0 Å². The molecule has 0 saturated heterocycles. The molecule has 0 aromatic rings. The van der Waals surface area contributed by atoms with Crippen molar-refractivity contribution in [2.24, 2.45) is 11.3 Å². The molecule has 15 heavy (non-hydrogen) atoms. The van der Waals surface area contributed by atoms with Crippen molar-refractivity contribution in [3.05, 3.63) is 0 Å². The van der Waals surface area contributed by atoms with E-state index in [1.54, 1.807) is 0 Å². The van der Waals surface area contributed by atoms with Gasteiger partial charge in [0, 0.05) is 13.5 Å². The van der Waals surface area contributed by atoms with Gasteiger partial charge in [-0.05, 0) is 18.8 Å². The maximum atomic E-state index is 6.54. The zero-order valence-electron chi connectivity index (χ0n) is 10.1. The standard InChI is InChI=1S/C12H22Cl2Si/c1-15(2,3)9-10-11(12(10,13)14)7-5-4-6-8-11/h10H,4-9H2,1-3H3. The highest BCUT2D eigenvalue weighted by atomic mass is 35.5. The predicted octanol–water partition coefficient (Wildman–Crippen LogP) is 5.08. The molecule has 0 aliphatic heterocycles. The molecule has 1 atom stereocenters. The Hall–Kier alpha value is 0.797. The molecule has 2 aliphatic carbocycles. The van der Waals surface area contributed by atoms with E-state index in [2.05, 4.69) is 19.6 Å². The fourth-order valence-corrected chi connectivity index (χ4v) is 6.68. The Bertz CT molecular complexity index is 249. The van der Waals surface area contributed by atoms with E-state index in [0.29, 0.717) is 11.3 Å². The summed E-state index contributed by atoms with van der Waals surface area (Å²) in [5.41, 5.74) is 0.314. The normalized spacial score (nSPS) is 33.0. The van der Waals surface area contributed by atoms with Crippen molar-refractivity contribution < 1.29 is 0 Å². The average molecular weight is 265 g/mol. The minimum absolute atomic E-state index is 0.314. The van der Waals surface area contributed by atoms with Crippen LogP contribution in [0, 0.1) is 11.3 Å². The largest absolute Gasteiger partial charge is 0.127 e. The SMILES string of the molecule is C[Si](C)(C)CC1C(Cl)(Cl)C12CCCCC2. The Morgan fingerprint density at radius 3 is 2.07 bits per heavy atom. The van der Waals surface area contributed by atoms with Crippen LogP contribution in [0.15, 0.2) is 0 Å². The Morgan fingerprint density at radius 2 is 1.60 bits per heavy atom. The third-order valence-corrected chi connectivity index (χ3v) is 7.16. The Labute approximate surface area is 105 Å². The first-order chi connectivity index (χ1) is 6.80. The minimum Gasteiger partial charge on any atom is -0.101 e. The number of halogens is 2. The first kappa shape index (κ1) is 12.3. The second-order valence-electron chi connectivity index (χ2n) is 6.66. The van der Waals surface area contributed by atoms with E-state index in [4.69, 9.17) is 23.2 Å². The maximum Gasteiger partial charge on any atom is 0.127 e. The Balaban J connectivity index is 2.08. The minimum atomic E-state index is -1.03. The molecule has 0 N–H and O–H groups in total. The zero-order valence-corrected chi connectivity index (χ0v) is 12.6. The molecule has 2 rings (SSSR count). The van der Waals surface area contributed by atoms with Gasteiger partial charge in [-0.1, -0.05) is 44.9 Å². The predicted molar refractivity (Wildman–Crippen MR) is 71.6 cm³/mol. The fourth-order valence-electron chi connectivity index (χ4n) is 3.39. The van der Waals surface area contributed by atoms with Gasteiger partial charge in [0.25, 0.3) is 0 Å². The molecule has 2 fully saturated rings. The van der Waals surface area contributed by atoms with E-state index in [-0.39, 0.29) is 4.33 Å². The fraction of sp³-hybridized carbons (Fsp3) is 1.00. The van der Waals surface area contributed by atoms with E-state index in [9.17, 15) is 0 Å². The molecule has 0 radical (unpaired) electrons. The van der Waals surface area contributed by atoms with Crippen molar-refractivity contribution in [1.29, 1.82) is 0 Å². The number of rotatable bonds is 2. The summed E-state index contributed by atoms with van der Waals surface area (Å²) in [4.78, 5) is 0. The van der Waals surface area contributed by atoms with Crippen molar-refractivity contribution in [2.75, 3.05) is 0 Å². The second kappa shape index (κ2) is 3.65. The molecule has 1 spiro atoms. The summed E-state index contributed by atoms with van der Waals surface area (Å²) in [5.74, 6) is 0.598. The van der Waals surface area contributed by atoms with Crippen LogP contribution in [0.5, 0.6) is 0 Å². The lowest BCUT2D eigenvalue weighted by Crippen LogP contribution is -2.22.